The zero-order valence-corrected chi connectivity index (χ0v) is 9.98. The van der Waals surface area contributed by atoms with Gasteiger partial charge in [0, 0.05) is 19.2 Å². The van der Waals surface area contributed by atoms with Crippen LogP contribution in [0.5, 0.6) is 5.88 Å². The number of nitrogens with zero attached hydrogens (tertiary/aromatic N) is 2. The van der Waals surface area contributed by atoms with Gasteiger partial charge in [-0.3, -0.25) is 0 Å². The molecule has 0 saturated carbocycles. The summed E-state index contributed by atoms with van der Waals surface area (Å²) < 4.78 is 11.1. The van der Waals surface area contributed by atoms with Crippen LogP contribution in [0.2, 0.25) is 5.15 Å². The van der Waals surface area contributed by atoms with E-state index < -0.39 is 0 Å². The normalized spacial score (nSPS) is 22.0. The Labute approximate surface area is 100 Å². The molecule has 1 atom stereocenters. The second-order valence-electron chi connectivity index (χ2n) is 3.86. The van der Waals surface area contributed by atoms with Gasteiger partial charge in [0.15, 0.2) is 0 Å². The Morgan fingerprint density at radius 3 is 3.25 bits per heavy atom. The molecule has 0 radical (unpaired) electrons. The van der Waals surface area contributed by atoms with E-state index in [1.807, 2.05) is 6.07 Å². The summed E-state index contributed by atoms with van der Waals surface area (Å²) >= 11 is 5.76. The molecule has 1 unspecified atom stereocenters. The minimum absolute atomic E-state index is 0.111. The number of pyridine rings is 1. The van der Waals surface area contributed by atoms with Crippen molar-refractivity contribution in [3.8, 4) is 5.88 Å². The van der Waals surface area contributed by atoms with Crippen LogP contribution < -0.4 is 4.74 Å². The molecule has 0 spiro atoms. The minimum Gasteiger partial charge on any atom is -0.475 e. The molecular weight excluding hydrogens is 228 g/mol. The number of hydrogen-bond donors (Lipinski definition) is 0. The molecule has 0 bridgehead atoms. The molecule has 5 heteroatoms. The number of morpholine rings is 1. The molecule has 0 N–H and O–H groups in total. The van der Waals surface area contributed by atoms with Crippen molar-refractivity contribution in [1.29, 1.82) is 0 Å². The van der Waals surface area contributed by atoms with E-state index >= 15 is 0 Å². The molecule has 1 aliphatic heterocycles. The second kappa shape index (κ2) is 5.48. The average molecular weight is 243 g/mol. The molecule has 88 valence electrons. The SMILES string of the molecule is CN1CCOC(COc2cccc(Cl)n2)C1. The van der Waals surface area contributed by atoms with Crippen molar-refractivity contribution in [2.45, 2.75) is 6.10 Å². The highest BCUT2D eigenvalue weighted by Crippen LogP contribution is 2.12. The molecule has 1 fully saturated rings. The van der Waals surface area contributed by atoms with Gasteiger partial charge in [-0.1, -0.05) is 17.7 Å². The number of ether oxygens (including phenoxy) is 2. The van der Waals surface area contributed by atoms with Gasteiger partial charge >= 0.3 is 0 Å². The predicted octanol–water partition coefficient (Wildman–Crippen LogP) is 1.44. The molecule has 0 aromatic carbocycles. The summed E-state index contributed by atoms with van der Waals surface area (Å²) in [5, 5.41) is 0.444. The molecule has 1 aromatic heterocycles. The summed E-state index contributed by atoms with van der Waals surface area (Å²) in [5.41, 5.74) is 0. The number of aromatic nitrogens is 1. The Morgan fingerprint density at radius 1 is 1.62 bits per heavy atom. The second-order valence-corrected chi connectivity index (χ2v) is 4.25. The third-order valence-corrected chi connectivity index (χ3v) is 2.66. The first-order chi connectivity index (χ1) is 7.74. The van der Waals surface area contributed by atoms with Crippen molar-refractivity contribution in [3.05, 3.63) is 23.4 Å². The number of hydrogen-bond acceptors (Lipinski definition) is 4. The lowest BCUT2D eigenvalue weighted by Crippen LogP contribution is -2.42. The van der Waals surface area contributed by atoms with E-state index in [2.05, 4.69) is 16.9 Å². The highest BCUT2D eigenvalue weighted by atomic mass is 35.5. The maximum atomic E-state index is 5.76. The van der Waals surface area contributed by atoms with Gasteiger partial charge < -0.3 is 14.4 Å². The maximum Gasteiger partial charge on any atom is 0.214 e. The van der Waals surface area contributed by atoms with Crippen molar-refractivity contribution in [2.75, 3.05) is 33.4 Å². The summed E-state index contributed by atoms with van der Waals surface area (Å²) in [5.74, 6) is 0.546. The molecule has 4 nitrogen and oxygen atoms in total. The Hall–Kier alpha value is -0.840. The lowest BCUT2D eigenvalue weighted by atomic mass is 10.3. The van der Waals surface area contributed by atoms with Crippen LogP contribution >= 0.6 is 11.6 Å². The topological polar surface area (TPSA) is 34.6 Å². The van der Waals surface area contributed by atoms with E-state index in [1.165, 1.54) is 0 Å². The largest absolute Gasteiger partial charge is 0.475 e. The van der Waals surface area contributed by atoms with Crippen LogP contribution in [0, 0.1) is 0 Å². The lowest BCUT2D eigenvalue weighted by Gasteiger charge is -2.29. The zero-order valence-electron chi connectivity index (χ0n) is 9.23. The van der Waals surface area contributed by atoms with Gasteiger partial charge in [-0.2, -0.15) is 0 Å². The van der Waals surface area contributed by atoms with Crippen LogP contribution in [-0.4, -0.2) is 49.3 Å². The van der Waals surface area contributed by atoms with Crippen molar-refractivity contribution in [1.82, 2.24) is 9.88 Å². The Bertz CT molecular complexity index is 349. The fourth-order valence-corrected chi connectivity index (χ4v) is 1.77. The minimum atomic E-state index is 0.111. The smallest absolute Gasteiger partial charge is 0.214 e. The molecule has 0 aliphatic carbocycles. The van der Waals surface area contributed by atoms with Crippen molar-refractivity contribution >= 4 is 11.6 Å². The van der Waals surface area contributed by atoms with E-state index in [-0.39, 0.29) is 6.10 Å². The van der Waals surface area contributed by atoms with Crippen LogP contribution in [0.4, 0.5) is 0 Å². The first-order valence-electron chi connectivity index (χ1n) is 5.29. The molecule has 0 amide bonds. The highest BCUT2D eigenvalue weighted by molar-refractivity contribution is 6.29. The third-order valence-electron chi connectivity index (χ3n) is 2.45. The Kier molecular flexibility index (Phi) is 3.98. The lowest BCUT2D eigenvalue weighted by molar-refractivity contribution is -0.0410. The van der Waals surface area contributed by atoms with Gasteiger partial charge in [-0.15, -0.1) is 0 Å². The monoisotopic (exact) mass is 242 g/mol. The van der Waals surface area contributed by atoms with Gasteiger partial charge in [-0.05, 0) is 13.1 Å². The van der Waals surface area contributed by atoms with Crippen LogP contribution in [0.15, 0.2) is 18.2 Å². The molecule has 1 aliphatic rings. The maximum absolute atomic E-state index is 5.76. The third kappa shape index (κ3) is 3.33. The van der Waals surface area contributed by atoms with Gasteiger partial charge in [0.2, 0.25) is 5.88 Å². The van der Waals surface area contributed by atoms with Crippen LogP contribution in [0.1, 0.15) is 0 Å². The Balaban J connectivity index is 1.82. The van der Waals surface area contributed by atoms with Crippen molar-refractivity contribution in [2.24, 2.45) is 0 Å². The van der Waals surface area contributed by atoms with Gasteiger partial charge in [0.05, 0.1) is 6.61 Å². The fourth-order valence-electron chi connectivity index (χ4n) is 1.62. The molecule has 1 saturated heterocycles. The van der Waals surface area contributed by atoms with Gasteiger partial charge in [0.1, 0.15) is 17.9 Å². The van der Waals surface area contributed by atoms with Gasteiger partial charge in [0.25, 0.3) is 0 Å². The number of halogens is 1. The van der Waals surface area contributed by atoms with Crippen molar-refractivity contribution < 1.29 is 9.47 Å². The van der Waals surface area contributed by atoms with Crippen LogP contribution in [0.25, 0.3) is 0 Å². The highest BCUT2D eigenvalue weighted by Gasteiger charge is 2.18. The summed E-state index contributed by atoms with van der Waals surface area (Å²) in [6, 6.07) is 5.33. The predicted molar refractivity (Wildman–Crippen MR) is 62.0 cm³/mol. The van der Waals surface area contributed by atoms with E-state index in [9.17, 15) is 0 Å². The summed E-state index contributed by atoms with van der Waals surface area (Å²) in [6.45, 7) is 3.14. The summed E-state index contributed by atoms with van der Waals surface area (Å²) in [6.07, 6.45) is 0.111. The number of likely N-dealkylation sites (N-methyl/N-ethyl adjacent to an activating group) is 1. The van der Waals surface area contributed by atoms with Gasteiger partial charge in [-0.25, -0.2) is 4.98 Å². The first kappa shape index (κ1) is 11.6. The fraction of sp³-hybridized carbons (Fsp3) is 0.545. The number of rotatable bonds is 3. The molecule has 2 heterocycles. The molecule has 1 aromatic rings. The summed E-state index contributed by atoms with van der Waals surface area (Å²) in [7, 11) is 2.08. The van der Waals surface area contributed by atoms with E-state index in [4.69, 9.17) is 21.1 Å². The first-order valence-corrected chi connectivity index (χ1v) is 5.67. The summed E-state index contributed by atoms with van der Waals surface area (Å²) in [4.78, 5) is 6.28. The molecule has 16 heavy (non-hydrogen) atoms. The quantitative estimate of drug-likeness (QED) is 0.752. The van der Waals surface area contributed by atoms with E-state index in [0.717, 1.165) is 19.7 Å². The van der Waals surface area contributed by atoms with Crippen molar-refractivity contribution in [3.63, 3.8) is 0 Å². The standard InChI is InChI=1S/C11H15ClN2O2/c1-14-5-6-15-9(7-14)8-16-11-4-2-3-10(12)13-11/h2-4,9H,5-8H2,1H3. The Morgan fingerprint density at radius 2 is 2.50 bits per heavy atom. The average Bonchev–Trinajstić information content (AvgIpc) is 2.27. The van der Waals surface area contributed by atoms with E-state index in [1.54, 1.807) is 12.1 Å². The zero-order chi connectivity index (χ0) is 11.4. The van der Waals surface area contributed by atoms with E-state index in [0.29, 0.717) is 17.6 Å². The van der Waals surface area contributed by atoms with Crippen LogP contribution in [0.3, 0.4) is 0 Å². The molecular formula is C11H15ClN2O2. The molecule has 2 rings (SSSR count). The van der Waals surface area contributed by atoms with Crippen LogP contribution in [-0.2, 0) is 4.74 Å².